The molecule has 1 aromatic rings. The Kier molecular flexibility index (Phi) is 3.79. The first-order chi connectivity index (χ1) is 8.46. The maximum Gasteiger partial charge on any atom is 0.131 e. The molecule has 0 spiro atoms. The van der Waals surface area contributed by atoms with Crippen LogP contribution in [0.15, 0.2) is 18.2 Å². The van der Waals surface area contributed by atoms with Crippen LogP contribution in [0.2, 0.25) is 0 Å². The van der Waals surface area contributed by atoms with E-state index in [9.17, 15) is 0 Å². The molecule has 0 aromatic carbocycles. The van der Waals surface area contributed by atoms with Crippen LogP contribution < -0.4 is 10.2 Å². The van der Waals surface area contributed by atoms with E-state index in [4.69, 9.17) is 4.98 Å². The first-order valence-electron chi connectivity index (χ1n) is 6.97. The fourth-order valence-corrected chi connectivity index (χ4v) is 2.48. The second-order valence-electron chi connectivity index (χ2n) is 6.29. The van der Waals surface area contributed by atoms with Gasteiger partial charge in [0.15, 0.2) is 0 Å². The molecular formula is C15H25N3. The molecule has 0 aliphatic carbocycles. The van der Waals surface area contributed by atoms with Gasteiger partial charge in [-0.1, -0.05) is 6.07 Å². The number of anilines is 2. The van der Waals surface area contributed by atoms with Crippen LogP contribution >= 0.6 is 0 Å². The number of aromatic nitrogens is 1. The summed E-state index contributed by atoms with van der Waals surface area (Å²) < 4.78 is 0. The molecule has 0 saturated carbocycles. The minimum Gasteiger partial charge on any atom is -0.365 e. The van der Waals surface area contributed by atoms with Crippen LogP contribution in [0.1, 0.15) is 47.0 Å². The molecule has 1 fully saturated rings. The molecular weight excluding hydrogens is 222 g/mol. The first-order valence-corrected chi connectivity index (χ1v) is 6.97. The largest absolute Gasteiger partial charge is 0.365 e. The van der Waals surface area contributed by atoms with Crippen molar-refractivity contribution in [2.24, 2.45) is 0 Å². The third kappa shape index (κ3) is 3.37. The molecule has 1 unspecified atom stereocenters. The molecule has 100 valence electrons. The van der Waals surface area contributed by atoms with Gasteiger partial charge >= 0.3 is 0 Å². The van der Waals surface area contributed by atoms with Crippen molar-refractivity contribution in [2.45, 2.75) is 58.5 Å². The number of rotatable bonds is 2. The molecule has 1 atom stereocenters. The Balaban J connectivity index is 2.16. The van der Waals surface area contributed by atoms with E-state index in [1.54, 1.807) is 0 Å². The van der Waals surface area contributed by atoms with Gasteiger partial charge in [-0.15, -0.1) is 0 Å². The van der Waals surface area contributed by atoms with Crippen LogP contribution in [-0.4, -0.2) is 23.1 Å². The van der Waals surface area contributed by atoms with Crippen molar-refractivity contribution < 1.29 is 0 Å². The number of nitrogens with one attached hydrogen (secondary N) is 1. The number of hydrogen-bond donors (Lipinski definition) is 1. The smallest absolute Gasteiger partial charge is 0.131 e. The zero-order valence-corrected chi connectivity index (χ0v) is 12.0. The van der Waals surface area contributed by atoms with Crippen molar-refractivity contribution in [3.63, 3.8) is 0 Å². The van der Waals surface area contributed by atoms with Gasteiger partial charge in [0, 0.05) is 18.1 Å². The molecule has 1 aromatic heterocycles. The van der Waals surface area contributed by atoms with Crippen LogP contribution in [0.4, 0.5) is 11.6 Å². The summed E-state index contributed by atoms with van der Waals surface area (Å²) in [5.74, 6) is 2.08. The summed E-state index contributed by atoms with van der Waals surface area (Å²) in [5.41, 5.74) is 0.0547. The molecule has 2 rings (SSSR count). The number of nitrogens with zero attached hydrogens (tertiary/aromatic N) is 2. The standard InChI is InChI=1S/C15H25N3/c1-12-8-5-6-11-18(12)14-10-7-9-13(16-14)17-15(2,3)4/h7,9-10,12H,5-6,8,11H2,1-4H3,(H,16,17). The lowest BCUT2D eigenvalue weighted by atomic mass is 10.0. The second kappa shape index (κ2) is 5.17. The van der Waals surface area contributed by atoms with Crippen LogP contribution in [0.5, 0.6) is 0 Å². The van der Waals surface area contributed by atoms with E-state index >= 15 is 0 Å². The average molecular weight is 247 g/mol. The fraction of sp³-hybridized carbons (Fsp3) is 0.667. The fourth-order valence-electron chi connectivity index (χ4n) is 2.48. The van der Waals surface area contributed by atoms with Gasteiger partial charge in [0.2, 0.25) is 0 Å². The quantitative estimate of drug-likeness (QED) is 0.864. The highest BCUT2D eigenvalue weighted by molar-refractivity contribution is 5.48. The van der Waals surface area contributed by atoms with E-state index in [0.29, 0.717) is 6.04 Å². The molecule has 1 saturated heterocycles. The monoisotopic (exact) mass is 247 g/mol. The van der Waals surface area contributed by atoms with Crippen LogP contribution in [0.3, 0.4) is 0 Å². The van der Waals surface area contributed by atoms with Crippen molar-refractivity contribution in [1.29, 1.82) is 0 Å². The Labute approximate surface area is 111 Å². The van der Waals surface area contributed by atoms with Crippen molar-refractivity contribution in [1.82, 2.24) is 4.98 Å². The molecule has 0 amide bonds. The Bertz CT molecular complexity index is 395. The number of pyridine rings is 1. The maximum atomic E-state index is 4.75. The van der Waals surface area contributed by atoms with Crippen molar-refractivity contribution >= 4 is 11.6 Å². The normalized spacial score (nSPS) is 20.9. The molecule has 3 nitrogen and oxygen atoms in total. The van der Waals surface area contributed by atoms with Gasteiger partial charge in [0.1, 0.15) is 11.6 Å². The van der Waals surface area contributed by atoms with E-state index in [0.717, 1.165) is 18.2 Å². The first kappa shape index (κ1) is 13.2. The second-order valence-corrected chi connectivity index (χ2v) is 6.29. The highest BCUT2D eigenvalue weighted by Crippen LogP contribution is 2.24. The summed E-state index contributed by atoms with van der Waals surface area (Å²) in [5, 5.41) is 3.44. The Hall–Kier alpha value is -1.25. The van der Waals surface area contributed by atoms with Crippen molar-refractivity contribution in [3.8, 4) is 0 Å². The van der Waals surface area contributed by atoms with Crippen LogP contribution in [0.25, 0.3) is 0 Å². The lowest BCUT2D eigenvalue weighted by molar-refractivity contribution is 0.481. The van der Waals surface area contributed by atoms with Crippen LogP contribution in [-0.2, 0) is 0 Å². The highest BCUT2D eigenvalue weighted by atomic mass is 15.2. The molecule has 0 bridgehead atoms. The molecule has 18 heavy (non-hydrogen) atoms. The van der Waals surface area contributed by atoms with Gasteiger partial charge < -0.3 is 10.2 Å². The topological polar surface area (TPSA) is 28.2 Å². The minimum absolute atomic E-state index is 0.0547. The van der Waals surface area contributed by atoms with Gasteiger partial charge in [0.05, 0.1) is 0 Å². The SMILES string of the molecule is CC1CCCCN1c1cccc(NC(C)(C)C)n1. The molecule has 0 radical (unpaired) electrons. The zero-order valence-electron chi connectivity index (χ0n) is 12.0. The number of piperidine rings is 1. The zero-order chi connectivity index (χ0) is 13.2. The van der Waals surface area contributed by atoms with Crippen molar-refractivity contribution in [3.05, 3.63) is 18.2 Å². The summed E-state index contributed by atoms with van der Waals surface area (Å²) >= 11 is 0. The van der Waals surface area contributed by atoms with E-state index in [2.05, 4.69) is 50.0 Å². The number of hydrogen-bond acceptors (Lipinski definition) is 3. The van der Waals surface area contributed by atoms with E-state index < -0.39 is 0 Å². The minimum atomic E-state index is 0.0547. The third-order valence-corrected chi connectivity index (χ3v) is 3.33. The van der Waals surface area contributed by atoms with Gasteiger partial charge in [-0.05, 0) is 59.1 Å². The Morgan fingerprint density at radius 3 is 2.72 bits per heavy atom. The van der Waals surface area contributed by atoms with E-state index in [1.807, 2.05) is 6.07 Å². The lowest BCUT2D eigenvalue weighted by Gasteiger charge is -2.34. The van der Waals surface area contributed by atoms with Gasteiger partial charge in [-0.2, -0.15) is 0 Å². The molecule has 3 heteroatoms. The molecule has 1 N–H and O–H groups in total. The summed E-state index contributed by atoms with van der Waals surface area (Å²) in [6, 6.07) is 6.87. The highest BCUT2D eigenvalue weighted by Gasteiger charge is 2.20. The van der Waals surface area contributed by atoms with Gasteiger partial charge in [0.25, 0.3) is 0 Å². The molecule has 1 aliphatic rings. The Morgan fingerprint density at radius 1 is 1.28 bits per heavy atom. The third-order valence-electron chi connectivity index (χ3n) is 3.33. The summed E-state index contributed by atoms with van der Waals surface area (Å²) in [7, 11) is 0. The van der Waals surface area contributed by atoms with Gasteiger partial charge in [-0.25, -0.2) is 4.98 Å². The van der Waals surface area contributed by atoms with Crippen LogP contribution in [0, 0.1) is 0 Å². The predicted octanol–water partition coefficient (Wildman–Crippen LogP) is 3.67. The summed E-state index contributed by atoms with van der Waals surface area (Å²) in [6.07, 6.45) is 3.90. The van der Waals surface area contributed by atoms with E-state index in [1.165, 1.54) is 19.3 Å². The van der Waals surface area contributed by atoms with Crippen molar-refractivity contribution in [2.75, 3.05) is 16.8 Å². The molecule has 1 aliphatic heterocycles. The molecule has 2 heterocycles. The maximum absolute atomic E-state index is 4.75. The Morgan fingerprint density at radius 2 is 2.06 bits per heavy atom. The van der Waals surface area contributed by atoms with E-state index in [-0.39, 0.29) is 5.54 Å². The van der Waals surface area contributed by atoms with Gasteiger partial charge in [-0.3, -0.25) is 0 Å². The predicted molar refractivity (Wildman–Crippen MR) is 78.3 cm³/mol. The lowest BCUT2D eigenvalue weighted by Crippen LogP contribution is -2.38. The summed E-state index contributed by atoms with van der Waals surface area (Å²) in [4.78, 5) is 7.17. The summed E-state index contributed by atoms with van der Waals surface area (Å²) in [6.45, 7) is 9.90. The average Bonchev–Trinajstić information content (AvgIpc) is 2.27.